The van der Waals surface area contributed by atoms with Gasteiger partial charge in [0.2, 0.25) is 0 Å². The van der Waals surface area contributed by atoms with Crippen LogP contribution in [0.3, 0.4) is 0 Å². The molecule has 2 aromatic rings. The largest absolute Gasteiger partial charge is 0.378 e. The van der Waals surface area contributed by atoms with E-state index in [1.165, 1.54) is 12.1 Å². The molecule has 0 saturated carbocycles. The summed E-state index contributed by atoms with van der Waals surface area (Å²) in [6.45, 7) is 5.74. The monoisotopic (exact) mass is 348 g/mol. The molecule has 1 aromatic carbocycles. The molecule has 1 aromatic heterocycles. The maximum atomic E-state index is 13.8. The van der Waals surface area contributed by atoms with Crippen LogP contribution in [0, 0.1) is 5.82 Å². The number of amides is 1. The predicted octanol–water partition coefficient (Wildman–Crippen LogP) is 3.39. The van der Waals surface area contributed by atoms with Crippen molar-refractivity contribution in [2.24, 2.45) is 0 Å². The van der Waals surface area contributed by atoms with Gasteiger partial charge in [-0.3, -0.25) is 4.79 Å². The Morgan fingerprint density at radius 3 is 2.79 bits per heavy atom. The smallest absolute Gasteiger partial charge is 0.256 e. The third kappa shape index (κ3) is 3.76. The Morgan fingerprint density at radius 1 is 1.33 bits per heavy atom. The van der Waals surface area contributed by atoms with E-state index in [4.69, 9.17) is 4.74 Å². The first-order valence-electron chi connectivity index (χ1n) is 8.13. The van der Waals surface area contributed by atoms with E-state index in [0.29, 0.717) is 45.0 Å². The molecule has 0 spiro atoms. The Morgan fingerprint density at radius 2 is 2.12 bits per heavy atom. The first-order valence-corrected chi connectivity index (χ1v) is 9.01. The Kier molecular flexibility index (Phi) is 5.48. The Hall–Kier alpha value is -1.92. The lowest BCUT2D eigenvalue weighted by molar-refractivity contribution is 0.0753. The Balaban J connectivity index is 1.88. The van der Waals surface area contributed by atoms with Crippen LogP contribution >= 0.6 is 11.3 Å². The molecule has 6 heteroatoms. The van der Waals surface area contributed by atoms with Gasteiger partial charge < -0.3 is 14.5 Å². The predicted molar refractivity (Wildman–Crippen MR) is 94.2 cm³/mol. The van der Waals surface area contributed by atoms with Gasteiger partial charge in [0.25, 0.3) is 5.91 Å². The van der Waals surface area contributed by atoms with Gasteiger partial charge >= 0.3 is 0 Å². The van der Waals surface area contributed by atoms with E-state index in [2.05, 4.69) is 4.90 Å². The van der Waals surface area contributed by atoms with E-state index in [1.807, 2.05) is 24.4 Å². The normalized spacial score (nSPS) is 14.7. The second kappa shape index (κ2) is 7.77. The van der Waals surface area contributed by atoms with E-state index >= 15 is 0 Å². The minimum atomic E-state index is -0.387. The number of carbonyl (C=O) groups excluding carboxylic acids is 1. The van der Waals surface area contributed by atoms with Gasteiger partial charge in [-0.25, -0.2) is 4.39 Å². The molecule has 128 valence electrons. The number of rotatable bonds is 5. The number of hydrogen-bond donors (Lipinski definition) is 0. The van der Waals surface area contributed by atoms with E-state index in [0.717, 1.165) is 10.6 Å². The highest BCUT2D eigenvalue weighted by Crippen LogP contribution is 2.25. The summed E-state index contributed by atoms with van der Waals surface area (Å²) in [5, 5.41) is 2.00. The zero-order valence-corrected chi connectivity index (χ0v) is 14.5. The highest BCUT2D eigenvalue weighted by Gasteiger charge is 2.23. The zero-order chi connectivity index (χ0) is 16.9. The van der Waals surface area contributed by atoms with Crippen molar-refractivity contribution in [2.45, 2.75) is 13.5 Å². The van der Waals surface area contributed by atoms with Gasteiger partial charge in [-0.05, 0) is 36.6 Å². The fourth-order valence-corrected chi connectivity index (χ4v) is 3.57. The summed E-state index contributed by atoms with van der Waals surface area (Å²) >= 11 is 1.62. The molecule has 2 heterocycles. The van der Waals surface area contributed by atoms with Crippen LogP contribution in [0.1, 0.15) is 22.2 Å². The molecule has 1 aliphatic rings. The van der Waals surface area contributed by atoms with Gasteiger partial charge in [0.05, 0.1) is 25.3 Å². The molecular formula is C18H21FN2O2S. The summed E-state index contributed by atoms with van der Waals surface area (Å²) in [6.07, 6.45) is 0. The van der Waals surface area contributed by atoms with E-state index in [1.54, 1.807) is 22.3 Å². The number of thiophene rings is 1. The van der Waals surface area contributed by atoms with Crippen LogP contribution in [0.4, 0.5) is 10.1 Å². The van der Waals surface area contributed by atoms with Crippen LogP contribution in [0.15, 0.2) is 35.7 Å². The Bertz CT molecular complexity index is 684. The maximum Gasteiger partial charge on any atom is 0.256 e. The molecule has 1 fully saturated rings. The number of hydrogen-bond acceptors (Lipinski definition) is 4. The highest BCUT2D eigenvalue weighted by molar-refractivity contribution is 7.09. The fourth-order valence-electron chi connectivity index (χ4n) is 2.85. The maximum absolute atomic E-state index is 13.8. The molecule has 3 rings (SSSR count). The number of anilines is 1. The van der Waals surface area contributed by atoms with Gasteiger partial charge in [-0.1, -0.05) is 6.07 Å². The van der Waals surface area contributed by atoms with Crippen LogP contribution in [0.5, 0.6) is 0 Å². The summed E-state index contributed by atoms with van der Waals surface area (Å²) < 4.78 is 19.2. The average Bonchev–Trinajstić information content (AvgIpc) is 3.13. The van der Waals surface area contributed by atoms with Crippen LogP contribution in [-0.2, 0) is 11.3 Å². The first-order chi connectivity index (χ1) is 11.7. The summed E-state index contributed by atoms with van der Waals surface area (Å²) in [5.74, 6) is -0.519. The van der Waals surface area contributed by atoms with Crippen LogP contribution in [0.25, 0.3) is 0 Å². The number of ether oxygens (including phenoxy) is 1. The summed E-state index contributed by atoms with van der Waals surface area (Å²) in [7, 11) is 0. The van der Waals surface area contributed by atoms with Crippen molar-refractivity contribution in [3.63, 3.8) is 0 Å². The Labute approximate surface area is 145 Å². The van der Waals surface area contributed by atoms with Crippen molar-refractivity contribution in [3.8, 4) is 0 Å². The summed E-state index contributed by atoms with van der Waals surface area (Å²) in [6, 6.07) is 8.45. The summed E-state index contributed by atoms with van der Waals surface area (Å²) in [5.41, 5.74) is 1.21. The fraction of sp³-hybridized carbons (Fsp3) is 0.389. The second-order valence-corrected chi connectivity index (χ2v) is 6.69. The van der Waals surface area contributed by atoms with Crippen molar-refractivity contribution in [1.29, 1.82) is 0 Å². The third-order valence-corrected chi connectivity index (χ3v) is 5.00. The average molecular weight is 348 g/mol. The number of carbonyl (C=O) groups is 1. The lowest BCUT2D eigenvalue weighted by atomic mass is 10.1. The molecule has 0 atom stereocenters. The molecule has 1 saturated heterocycles. The van der Waals surface area contributed by atoms with Crippen molar-refractivity contribution < 1.29 is 13.9 Å². The minimum absolute atomic E-state index is 0.133. The third-order valence-electron chi connectivity index (χ3n) is 4.14. The van der Waals surface area contributed by atoms with Gasteiger partial charge in [-0.2, -0.15) is 0 Å². The van der Waals surface area contributed by atoms with Gasteiger partial charge in [-0.15, -0.1) is 11.3 Å². The van der Waals surface area contributed by atoms with E-state index in [-0.39, 0.29) is 11.7 Å². The van der Waals surface area contributed by atoms with Gasteiger partial charge in [0, 0.05) is 30.2 Å². The standard InChI is InChI=1S/C18H21FN2O2S/c1-2-20(13-15-4-3-11-24-15)18(22)16-12-14(19)5-6-17(16)21-7-9-23-10-8-21/h3-6,11-12H,2,7-10,13H2,1H3. The lowest BCUT2D eigenvalue weighted by Gasteiger charge is -2.31. The van der Waals surface area contributed by atoms with Crippen molar-refractivity contribution in [3.05, 3.63) is 52.0 Å². The molecule has 4 nitrogen and oxygen atoms in total. The SMILES string of the molecule is CCN(Cc1cccs1)C(=O)c1cc(F)ccc1N1CCOCC1. The van der Waals surface area contributed by atoms with Crippen molar-refractivity contribution in [1.82, 2.24) is 4.90 Å². The highest BCUT2D eigenvalue weighted by atomic mass is 32.1. The molecule has 1 amide bonds. The number of halogens is 1. The second-order valence-electron chi connectivity index (χ2n) is 5.66. The number of nitrogens with zero attached hydrogens (tertiary/aromatic N) is 2. The van der Waals surface area contributed by atoms with Crippen LogP contribution in [-0.4, -0.2) is 43.7 Å². The van der Waals surface area contributed by atoms with Gasteiger partial charge in [0.15, 0.2) is 0 Å². The van der Waals surface area contributed by atoms with E-state index in [9.17, 15) is 9.18 Å². The lowest BCUT2D eigenvalue weighted by Crippen LogP contribution is -2.38. The summed E-state index contributed by atoms with van der Waals surface area (Å²) in [4.78, 5) is 18.0. The quantitative estimate of drug-likeness (QED) is 0.830. The van der Waals surface area contributed by atoms with Gasteiger partial charge in [0.1, 0.15) is 5.82 Å². The molecule has 0 bridgehead atoms. The molecule has 0 aliphatic carbocycles. The van der Waals surface area contributed by atoms with Crippen molar-refractivity contribution >= 4 is 22.9 Å². The number of benzene rings is 1. The molecule has 24 heavy (non-hydrogen) atoms. The molecule has 0 radical (unpaired) electrons. The number of morpholine rings is 1. The zero-order valence-electron chi connectivity index (χ0n) is 13.7. The minimum Gasteiger partial charge on any atom is -0.378 e. The molecular weight excluding hydrogens is 327 g/mol. The molecule has 0 N–H and O–H groups in total. The van der Waals surface area contributed by atoms with Crippen LogP contribution in [0.2, 0.25) is 0 Å². The molecule has 0 unspecified atom stereocenters. The first kappa shape index (κ1) is 16.9. The molecule has 1 aliphatic heterocycles. The van der Waals surface area contributed by atoms with Crippen molar-refractivity contribution in [2.75, 3.05) is 37.7 Å². The van der Waals surface area contributed by atoms with E-state index < -0.39 is 0 Å². The van der Waals surface area contributed by atoms with Crippen LogP contribution < -0.4 is 4.90 Å². The topological polar surface area (TPSA) is 32.8 Å².